The lowest BCUT2D eigenvalue weighted by molar-refractivity contribution is -0.0548. The van der Waals surface area contributed by atoms with Gasteiger partial charge in [0, 0.05) is 19.0 Å². The molecule has 1 saturated carbocycles. The Morgan fingerprint density at radius 2 is 2.00 bits per heavy atom. The van der Waals surface area contributed by atoms with Crippen molar-refractivity contribution in [3.8, 4) is 0 Å². The average Bonchev–Trinajstić information content (AvgIpc) is 3.11. The van der Waals surface area contributed by atoms with E-state index in [-0.39, 0.29) is 11.6 Å². The maximum Gasteiger partial charge on any atom is 0.271 e. The summed E-state index contributed by atoms with van der Waals surface area (Å²) < 4.78 is 27.3. The highest BCUT2D eigenvalue weighted by molar-refractivity contribution is 9.10. The van der Waals surface area contributed by atoms with Gasteiger partial charge in [0.1, 0.15) is 11.5 Å². The number of rotatable bonds is 4. The van der Waals surface area contributed by atoms with E-state index in [0.717, 1.165) is 19.8 Å². The van der Waals surface area contributed by atoms with Crippen LogP contribution in [-0.2, 0) is 0 Å². The largest absolute Gasteiger partial charge is 0.340 e. The Kier molecular flexibility index (Phi) is 3.83. The number of alkyl halides is 2. The van der Waals surface area contributed by atoms with Gasteiger partial charge in [0.2, 0.25) is 0 Å². The highest BCUT2D eigenvalue weighted by Gasteiger charge is 2.43. The highest BCUT2D eigenvalue weighted by atomic mass is 79.9. The summed E-state index contributed by atoms with van der Waals surface area (Å²) in [5.74, 6) is -2.79. The number of aromatic nitrogens is 2. The molecule has 0 saturated heterocycles. The number of nitrogens with zero attached hydrogens (tertiary/aromatic N) is 2. The number of carbonyl (C=O) groups excluding carboxylic acids is 1. The summed E-state index contributed by atoms with van der Waals surface area (Å²) >= 11 is 3.19. The van der Waals surface area contributed by atoms with Crippen molar-refractivity contribution < 1.29 is 13.6 Å². The van der Waals surface area contributed by atoms with Gasteiger partial charge in [0.25, 0.3) is 11.8 Å². The first-order chi connectivity index (χ1) is 9.12. The molecule has 1 heterocycles. The smallest absolute Gasteiger partial charge is 0.271 e. The van der Waals surface area contributed by atoms with Crippen LogP contribution in [0.3, 0.4) is 0 Å². The molecule has 20 heavy (non-hydrogen) atoms. The molecule has 0 bridgehead atoms. The average molecular weight is 348 g/mol. The van der Waals surface area contributed by atoms with Crippen LogP contribution in [0.25, 0.3) is 0 Å². The van der Waals surface area contributed by atoms with Crippen molar-refractivity contribution in [3.63, 3.8) is 0 Å². The topological polar surface area (TPSA) is 54.9 Å². The van der Waals surface area contributed by atoms with Gasteiger partial charge in [-0.1, -0.05) is 0 Å². The van der Waals surface area contributed by atoms with Gasteiger partial charge < -0.3 is 5.32 Å². The van der Waals surface area contributed by atoms with Crippen molar-refractivity contribution in [2.45, 2.75) is 51.0 Å². The molecule has 0 aromatic carbocycles. The minimum Gasteiger partial charge on any atom is -0.340 e. The normalized spacial score (nSPS) is 16.1. The Hall–Kier alpha value is -1.11. The second-order valence-corrected chi connectivity index (χ2v) is 6.52. The van der Waals surface area contributed by atoms with E-state index >= 15 is 0 Å². The summed E-state index contributed by atoms with van der Waals surface area (Å²) in [5.41, 5.74) is -1.56. The first-order valence-electron chi connectivity index (χ1n) is 6.34. The zero-order valence-corrected chi connectivity index (χ0v) is 13.1. The van der Waals surface area contributed by atoms with E-state index in [1.807, 2.05) is 0 Å². The van der Waals surface area contributed by atoms with E-state index in [0.29, 0.717) is 10.3 Å². The van der Waals surface area contributed by atoms with Crippen molar-refractivity contribution in [2.75, 3.05) is 0 Å². The van der Waals surface area contributed by atoms with Gasteiger partial charge in [-0.15, -0.1) is 0 Å². The van der Waals surface area contributed by atoms with Crippen molar-refractivity contribution in [1.29, 1.82) is 0 Å². The van der Waals surface area contributed by atoms with Gasteiger partial charge in [-0.05, 0) is 42.6 Å². The summed E-state index contributed by atoms with van der Waals surface area (Å²) in [5, 5.41) is 2.33. The molecule has 1 aliphatic carbocycles. The van der Waals surface area contributed by atoms with Crippen LogP contribution in [0.1, 0.15) is 55.8 Å². The predicted octanol–water partition coefficient (Wildman–Crippen LogP) is 3.28. The molecular weight excluding hydrogens is 332 g/mol. The minimum absolute atomic E-state index is 0.0965. The van der Waals surface area contributed by atoms with Gasteiger partial charge in [0.15, 0.2) is 0 Å². The summed E-state index contributed by atoms with van der Waals surface area (Å²) in [6, 6.07) is 0. The molecule has 1 fully saturated rings. The second-order valence-electron chi connectivity index (χ2n) is 5.67. The fourth-order valence-corrected chi connectivity index (χ4v) is 1.90. The van der Waals surface area contributed by atoms with Crippen molar-refractivity contribution in [1.82, 2.24) is 15.3 Å². The third-order valence-corrected chi connectivity index (χ3v) is 4.02. The Morgan fingerprint density at radius 3 is 2.50 bits per heavy atom. The molecule has 0 atom stereocenters. The number of nitrogens with one attached hydrogen (secondary N) is 1. The Bertz CT molecular complexity index is 539. The number of hydrogen-bond donors (Lipinski definition) is 1. The molecule has 7 heteroatoms. The SMILES string of the molecule is CC(F)(F)C(C)(C)NC(=O)c1nc(C2CC2)ncc1Br. The van der Waals surface area contributed by atoms with Crippen molar-refractivity contribution >= 4 is 21.8 Å². The number of carbonyl (C=O) groups is 1. The number of amides is 1. The molecule has 1 aliphatic rings. The zero-order chi connectivity index (χ0) is 15.1. The van der Waals surface area contributed by atoms with Crippen molar-refractivity contribution in [2.24, 2.45) is 0 Å². The van der Waals surface area contributed by atoms with Crippen LogP contribution >= 0.6 is 15.9 Å². The van der Waals surface area contributed by atoms with Gasteiger partial charge in [-0.25, -0.2) is 18.7 Å². The standard InChI is InChI=1S/C13H16BrF2N3O/c1-12(2,13(3,15)16)19-11(20)9-8(14)6-17-10(18-9)7-4-5-7/h6-7H,4-5H2,1-3H3,(H,19,20). The Labute approximate surface area is 124 Å². The van der Waals surface area contributed by atoms with Gasteiger partial charge in [-0.2, -0.15) is 0 Å². The molecule has 0 spiro atoms. The van der Waals surface area contributed by atoms with Crippen LogP contribution < -0.4 is 5.32 Å². The maximum absolute atomic E-state index is 13.4. The van der Waals surface area contributed by atoms with Crippen molar-refractivity contribution in [3.05, 3.63) is 22.2 Å². The van der Waals surface area contributed by atoms with E-state index in [4.69, 9.17) is 0 Å². The third kappa shape index (κ3) is 3.13. The number of hydrogen-bond acceptors (Lipinski definition) is 3. The monoisotopic (exact) mass is 347 g/mol. The van der Waals surface area contributed by atoms with Crippen LogP contribution in [0.5, 0.6) is 0 Å². The highest BCUT2D eigenvalue weighted by Crippen LogP contribution is 2.38. The second kappa shape index (κ2) is 5.02. The zero-order valence-electron chi connectivity index (χ0n) is 11.5. The maximum atomic E-state index is 13.4. The van der Waals surface area contributed by atoms with E-state index in [1.54, 1.807) is 0 Å². The van der Waals surface area contributed by atoms with E-state index in [1.165, 1.54) is 20.0 Å². The molecule has 1 amide bonds. The van der Waals surface area contributed by atoms with E-state index in [2.05, 4.69) is 31.2 Å². The molecule has 4 nitrogen and oxygen atoms in total. The van der Waals surface area contributed by atoms with Crippen LogP contribution in [0.2, 0.25) is 0 Å². The molecule has 0 radical (unpaired) electrons. The number of halogens is 3. The Balaban J connectivity index is 2.23. The molecule has 0 aliphatic heterocycles. The van der Waals surface area contributed by atoms with Crippen LogP contribution in [-0.4, -0.2) is 27.3 Å². The van der Waals surface area contributed by atoms with Gasteiger partial charge >= 0.3 is 0 Å². The fourth-order valence-electron chi connectivity index (χ4n) is 1.53. The summed E-state index contributed by atoms with van der Waals surface area (Å²) in [7, 11) is 0. The predicted molar refractivity (Wildman–Crippen MR) is 73.9 cm³/mol. The first kappa shape index (κ1) is 15.3. The van der Waals surface area contributed by atoms with Gasteiger partial charge in [-0.3, -0.25) is 4.79 Å². The first-order valence-corrected chi connectivity index (χ1v) is 7.14. The molecule has 1 N–H and O–H groups in total. The molecule has 1 aromatic heterocycles. The lowest BCUT2D eigenvalue weighted by atomic mass is 9.97. The third-order valence-electron chi connectivity index (χ3n) is 3.44. The molecular formula is C13H16BrF2N3O. The Morgan fingerprint density at radius 1 is 1.40 bits per heavy atom. The molecule has 2 rings (SSSR count). The van der Waals surface area contributed by atoms with Crippen LogP contribution in [0.15, 0.2) is 10.7 Å². The summed E-state index contributed by atoms with van der Waals surface area (Å²) in [6.07, 6.45) is 3.50. The van der Waals surface area contributed by atoms with Gasteiger partial charge in [0.05, 0.1) is 10.0 Å². The lowest BCUT2D eigenvalue weighted by Crippen LogP contribution is -2.55. The van der Waals surface area contributed by atoms with E-state index in [9.17, 15) is 13.6 Å². The van der Waals surface area contributed by atoms with E-state index < -0.39 is 17.4 Å². The molecule has 0 unspecified atom stereocenters. The summed E-state index contributed by atoms with van der Waals surface area (Å²) in [6.45, 7) is 3.33. The lowest BCUT2D eigenvalue weighted by Gasteiger charge is -2.32. The quantitative estimate of drug-likeness (QED) is 0.909. The molecule has 1 aromatic rings. The fraction of sp³-hybridized carbons (Fsp3) is 0.615. The molecule has 110 valence electrons. The van der Waals surface area contributed by atoms with Crippen LogP contribution in [0, 0.1) is 0 Å². The van der Waals surface area contributed by atoms with Crippen LogP contribution in [0.4, 0.5) is 8.78 Å². The minimum atomic E-state index is -3.04. The summed E-state index contributed by atoms with van der Waals surface area (Å²) in [4.78, 5) is 20.5.